The van der Waals surface area contributed by atoms with Gasteiger partial charge >= 0.3 is 5.97 Å². The van der Waals surface area contributed by atoms with Gasteiger partial charge in [0, 0.05) is 18.9 Å². The highest BCUT2D eigenvalue weighted by atomic mass is 16.4. The smallest absolute Gasteiger partial charge is 0.322 e. The van der Waals surface area contributed by atoms with Gasteiger partial charge in [0.2, 0.25) is 17.7 Å². The molecular formula is C35H41N3O6. The molecule has 9 nitrogen and oxygen atoms in total. The Bertz CT molecular complexity index is 1450. The summed E-state index contributed by atoms with van der Waals surface area (Å²) >= 11 is 0. The molecular weight excluding hydrogens is 558 g/mol. The van der Waals surface area contributed by atoms with Crippen LogP contribution in [0.25, 0.3) is 0 Å². The van der Waals surface area contributed by atoms with E-state index < -0.39 is 36.4 Å². The maximum absolute atomic E-state index is 15.1. The molecule has 4 aliphatic carbocycles. The third-order valence-electron chi connectivity index (χ3n) is 10.4. The molecule has 0 unspecified atom stereocenters. The van der Waals surface area contributed by atoms with E-state index in [4.69, 9.17) is 0 Å². The van der Waals surface area contributed by atoms with Crippen LogP contribution in [0.3, 0.4) is 0 Å². The molecule has 4 saturated carbocycles. The van der Waals surface area contributed by atoms with Crippen LogP contribution in [-0.4, -0.2) is 58.1 Å². The van der Waals surface area contributed by atoms with E-state index in [1.54, 1.807) is 17.0 Å². The number of ketones is 1. The molecule has 1 aliphatic heterocycles. The van der Waals surface area contributed by atoms with Gasteiger partial charge in [-0.15, -0.1) is 0 Å². The van der Waals surface area contributed by atoms with Gasteiger partial charge in [0.25, 0.3) is 0 Å². The standard InChI is InChI=1S/C35H41N3O6/c1-21-8-9-28-27(10-21)31(40)14-29(33(43)36-19-32(41)42)38(22(2)39)30(34(44)37(28)20-23-6-4-3-5-7-23)18-35-15-24-11-25(16-35)13-26(12-24)17-35/h3-10,24-26,29-30H,11-20H2,1-2H3,(H,36,43)(H,41,42)/t24?,25?,26?,29-,30+,35?/m1/s1. The molecule has 2 aromatic carbocycles. The first-order chi connectivity index (χ1) is 21.0. The predicted molar refractivity (Wildman–Crippen MR) is 164 cm³/mol. The van der Waals surface area contributed by atoms with Crippen molar-refractivity contribution >= 4 is 35.2 Å². The van der Waals surface area contributed by atoms with E-state index in [2.05, 4.69) is 5.32 Å². The molecule has 2 aromatic rings. The summed E-state index contributed by atoms with van der Waals surface area (Å²) in [4.78, 5) is 70.7. The average Bonchev–Trinajstić information content (AvgIpc) is 2.99. The number of rotatable bonds is 7. The first kappa shape index (κ1) is 30.0. The van der Waals surface area contributed by atoms with E-state index in [1.165, 1.54) is 31.1 Å². The van der Waals surface area contributed by atoms with E-state index in [0.717, 1.165) is 30.4 Å². The van der Waals surface area contributed by atoms with Gasteiger partial charge in [0.1, 0.15) is 18.6 Å². The van der Waals surface area contributed by atoms with Crippen LogP contribution in [0.2, 0.25) is 0 Å². The van der Waals surface area contributed by atoms with Crippen molar-refractivity contribution in [2.24, 2.45) is 23.2 Å². The highest BCUT2D eigenvalue weighted by Crippen LogP contribution is 2.62. The number of nitrogens with one attached hydrogen (secondary N) is 1. The van der Waals surface area contributed by atoms with Crippen LogP contribution in [0.5, 0.6) is 0 Å². The predicted octanol–water partition coefficient (Wildman–Crippen LogP) is 4.51. The van der Waals surface area contributed by atoms with Crippen molar-refractivity contribution in [2.45, 2.75) is 83.8 Å². The van der Waals surface area contributed by atoms with Gasteiger partial charge in [-0.1, -0.05) is 42.0 Å². The lowest BCUT2D eigenvalue weighted by Crippen LogP contribution is -2.60. The zero-order valence-electron chi connectivity index (χ0n) is 25.5. The van der Waals surface area contributed by atoms with Gasteiger partial charge in [0.15, 0.2) is 5.78 Å². The Hall–Kier alpha value is -4.01. The molecule has 44 heavy (non-hydrogen) atoms. The number of aliphatic carboxylic acids is 1. The number of benzene rings is 2. The van der Waals surface area contributed by atoms with Crippen LogP contribution in [0.4, 0.5) is 5.69 Å². The second-order valence-corrected chi connectivity index (χ2v) is 13.7. The Morgan fingerprint density at radius 2 is 1.59 bits per heavy atom. The molecule has 0 saturated heterocycles. The molecule has 1 heterocycles. The third-order valence-corrected chi connectivity index (χ3v) is 10.4. The number of Topliss-reactive ketones (excluding diaryl/α,β-unsaturated/α-hetero) is 1. The van der Waals surface area contributed by atoms with Crippen molar-refractivity contribution in [1.82, 2.24) is 10.2 Å². The van der Waals surface area contributed by atoms with E-state index >= 15 is 4.79 Å². The fourth-order valence-corrected chi connectivity index (χ4v) is 9.13. The number of amides is 3. The zero-order valence-corrected chi connectivity index (χ0v) is 25.5. The summed E-state index contributed by atoms with van der Waals surface area (Å²) in [5.41, 5.74) is 2.34. The molecule has 4 bridgehead atoms. The molecule has 3 amide bonds. The van der Waals surface area contributed by atoms with Gasteiger partial charge in [-0.3, -0.25) is 24.0 Å². The Morgan fingerprint density at radius 3 is 2.18 bits per heavy atom. The van der Waals surface area contributed by atoms with Gasteiger partial charge < -0.3 is 20.2 Å². The molecule has 7 rings (SSSR count). The number of anilines is 1. The zero-order chi connectivity index (χ0) is 31.2. The maximum atomic E-state index is 15.1. The lowest BCUT2D eigenvalue weighted by Gasteiger charge is -2.58. The number of carboxylic acids is 1. The number of fused-ring (bicyclic) bond motifs is 1. The largest absolute Gasteiger partial charge is 0.480 e. The van der Waals surface area contributed by atoms with E-state index in [9.17, 15) is 24.3 Å². The minimum Gasteiger partial charge on any atom is -0.480 e. The lowest BCUT2D eigenvalue weighted by atomic mass is 9.48. The minimum absolute atomic E-state index is 0.128. The summed E-state index contributed by atoms with van der Waals surface area (Å²) in [7, 11) is 0. The normalized spacial score (nSPS) is 29.5. The second-order valence-electron chi connectivity index (χ2n) is 13.7. The highest BCUT2D eigenvalue weighted by Gasteiger charge is 2.54. The quantitative estimate of drug-likeness (QED) is 0.483. The van der Waals surface area contributed by atoms with E-state index in [-0.39, 0.29) is 30.1 Å². The first-order valence-electron chi connectivity index (χ1n) is 15.8. The van der Waals surface area contributed by atoms with Crippen LogP contribution in [0.15, 0.2) is 48.5 Å². The summed E-state index contributed by atoms with van der Waals surface area (Å²) in [5.74, 6) is -1.35. The van der Waals surface area contributed by atoms with Crippen LogP contribution in [0.1, 0.15) is 79.8 Å². The summed E-state index contributed by atoms with van der Waals surface area (Å²) < 4.78 is 0. The molecule has 5 aliphatic rings. The van der Waals surface area contributed by atoms with Crippen molar-refractivity contribution in [3.8, 4) is 0 Å². The first-order valence-corrected chi connectivity index (χ1v) is 15.8. The Kier molecular flexibility index (Phi) is 8.07. The van der Waals surface area contributed by atoms with Gasteiger partial charge in [-0.2, -0.15) is 0 Å². The molecule has 2 atom stereocenters. The number of nitrogens with zero attached hydrogens (tertiary/aromatic N) is 2. The number of carboxylic acid groups (broad SMARTS) is 1. The highest BCUT2D eigenvalue weighted by molar-refractivity contribution is 6.10. The summed E-state index contributed by atoms with van der Waals surface area (Å²) in [5, 5.41) is 11.7. The third kappa shape index (κ3) is 5.88. The molecule has 4 fully saturated rings. The number of hydrogen-bond acceptors (Lipinski definition) is 5. The van der Waals surface area contributed by atoms with Crippen molar-refractivity contribution in [3.05, 3.63) is 65.2 Å². The average molecular weight is 600 g/mol. The second kappa shape index (κ2) is 11.8. The van der Waals surface area contributed by atoms with Crippen molar-refractivity contribution in [2.75, 3.05) is 11.4 Å². The number of carbonyl (C=O) groups is 5. The summed E-state index contributed by atoms with van der Waals surface area (Å²) in [6.07, 6.45) is 6.71. The number of carbonyl (C=O) groups excluding carboxylic acids is 4. The number of hydrogen-bond donors (Lipinski definition) is 2. The minimum atomic E-state index is -1.33. The lowest BCUT2D eigenvalue weighted by molar-refractivity contribution is -0.150. The molecule has 9 heteroatoms. The topological polar surface area (TPSA) is 124 Å². The van der Waals surface area contributed by atoms with Crippen LogP contribution >= 0.6 is 0 Å². The van der Waals surface area contributed by atoms with Crippen molar-refractivity contribution < 1.29 is 29.1 Å². The van der Waals surface area contributed by atoms with E-state index in [0.29, 0.717) is 35.4 Å². The van der Waals surface area contributed by atoms with Crippen LogP contribution in [0, 0.1) is 30.1 Å². The fourth-order valence-electron chi connectivity index (χ4n) is 9.13. The molecule has 0 radical (unpaired) electrons. The van der Waals surface area contributed by atoms with Crippen LogP contribution < -0.4 is 10.2 Å². The summed E-state index contributed by atoms with van der Waals surface area (Å²) in [6, 6.07) is 12.6. The maximum Gasteiger partial charge on any atom is 0.322 e. The Morgan fingerprint density at radius 1 is 0.955 bits per heavy atom. The SMILES string of the molecule is CC(=O)N1[C@@H](C(=O)NCC(=O)O)CC(=O)c2cc(C)ccc2N(Cc2ccccc2)C(=O)[C@@H]1CC12CC3CC(CC(C3)C1)C2. The Labute approximate surface area is 258 Å². The molecule has 0 spiro atoms. The van der Waals surface area contributed by atoms with Gasteiger partial charge in [0.05, 0.1) is 12.2 Å². The van der Waals surface area contributed by atoms with Crippen molar-refractivity contribution in [3.63, 3.8) is 0 Å². The van der Waals surface area contributed by atoms with Crippen molar-refractivity contribution in [1.29, 1.82) is 0 Å². The fraction of sp³-hybridized carbons (Fsp3) is 0.514. The molecule has 232 valence electrons. The van der Waals surface area contributed by atoms with Crippen LogP contribution in [-0.2, 0) is 25.7 Å². The molecule has 2 N–H and O–H groups in total. The van der Waals surface area contributed by atoms with E-state index in [1.807, 2.05) is 43.3 Å². The monoisotopic (exact) mass is 599 g/mol. The number of aryl methyl sites for hydroxylation is 1. The summed E-state index contributed by atoms with van der Waals surface area (Å²) in [6.45, 7) is 2.73. The Balaban J connectivity index is 1.49. The van der Waals surface area contributed by atoms with Gasteiger partial charge in [-0.25, -0.2) is 0 Å². The molecule has 0 aromatic heterocycles. The van der Waals surface area contributed by atoms with Gasteiger partial charge in [-0.05, 0) is 92.7 Å².